The molecule has 1 rings (SSSR count). The molecule has 0 spiro atoms. The van der Waals surface area contributed by atoms with Gasteiger partial charge in [-0.05, 0) is 39.3 Å². The number of unbranched alkanes of at least 4 members (excludes halogenated alkanes) is 1. The van der Waals surface area contributed by atoms with E-state index in [0.717, 1.165) is 19.5 Å². The molecule has 1 aliphatic rings. The van der Waals surface area contributed by atoms with Gasteiger partial charge >= 0.3 is 6.18 Å². The van der Waals surface area contributed by atoms with Gasteiger partial charge in [0.2, 0.25) is 0 Å². The largest absolute Gasteiger partial charge is 0.390 e. The highest BCUT2D eigenvalue weighted by Gasteiger charge is 2.26. The summed E-state index contributed by atoms with van der Waals surface area (Å²) in [5, 5.41) is 5.79. The third-order valence-electron chi connectivity index (χ3n) is 4.05. The van der Waals surface area contributed by atoms with Crippen molar-refractivity contribution < 1.29 is 13.2 Å². The third kappa shape index (κ3) is 10.6. The summed E-state index contributed by atoms with van der Waals surface area (Å²) in [6.45, 7) is 7.44. The lowest BCUT2D eigenvalue weighted by Gasteiger charge is -2.35. The maximum atomic E-state index is 12.2. The molecule has 1 fully saturated rings. The first kappa shape index (κ1) is 23.8. The van der Waals surface area contributed by atoms with Crippen molar-refractivity contribution in [2.75, 3.05) is 32.7 Å². The first-order valence-electron chi connectivity index (χ1n) is 8.79. The molecule has 24 heavy (non-hydrogen) atoms. The SMILES string of the molecule is CCCCN1CCCCC1CN=C(NCC)NCCC(F)(F)F.I. The molecule has 0 saturated carbocycles. The molecule has 0 aromatic heterocycles. The topological polar surface area (TPSA) is 39.7 Å². The highest BCUT2D eigenvalue weighted by molar-refractivity contribution is 14.0. The van der Waals surface area contributed by atoms with E-state index in [-0.39, 0.29) is 30.5 Å². The van der Waals surface area contributed by atoms with Crippen molar-refractivity contribution in [3.05, 3.63) is 0 Å². The predicted molar refractivity (Wildman–Crippen MR) is 104 cm³/mol. The molecular weight excluding hydrogens is 432 g/mol. The molecule has 0 aliphatic carbocycles. The molecule has 0 aromatic carbocycles. The number of hydrogen-bond donors (Lipinski definition) is 2. The summed E-state index contributed by atoms with van der Waals surface area (Å²) in [4.78, 5) is 6.98. The van der Waals surface area contributed by atoms with Crippen molar-refractivity contribution in [1.29, 1.82) is 0 Å². The molecule has 0 aromatic rings. The lowest BCUT2D eigenvalue weighted by molar-refractivity contribution is -0.132. The van der Waals surface area contributed by atoms with Crippen LogP contribution < -0.4 is 10.6 Å². The van der Waals surface area contributed by atoms with E-state index >= 15 is 0 Å². The Labute approximate surface area is 161 Å². The number of nitrogens with zero attached hydrogens (tertiary/aromatic N) is 2. The molecule has 1 atom stereocenters. The standard InChI is InChI=1S/C16H31F3N4.HI/c1-3-5-11-23-12-7-6-8-14(23)13-22-15(20-4-2)21-10-9-16(17,18)19;/h14H,3-13H2,1-2H3,(H2,20,21,22);1H. The first-order valence-corrected chi connectivity index (χ1v) is 8.79. The Bertz CT molecular complexity index is 351. The summed E-state index contributed by atoms with van der Waals surface area (Å²) in [5.41, 5.74) is 0. The van der Waals surface area contributed by atoms with Crippen LogP contribution in [0.4, 0.5) is 13.2 Å². The number of rotatable bonds is 8. The zero-order chi connectivity index (χ0) is 17.1. The van der Waals surface area contributed by atoms with Gasteiger partial charge in [0.05, 0.1) is 13.0 Å². The Balaban J connectivity index is 0.00000529. The number of likely N-dealkylation sites (tertiary alicyclic amines) is 1. The highest BCUT2D eigenvalue weighted by Crippen LogP contribution is 2.19. The molecule has 1 aliphatic heterocycles. The molecule has 144 valence electrons. The summed E-state index contributed by atoms with van der Waals surface area (Å²) >= 11 is 0. The minimum absolute atomic E-state index is 0. The fourth-order valence-electron chi connectivity index (χ4n) is 2.78. The van der Waals surface area contributed by atoms with Crippen LogP contribution in [0.5, 0.6) is 0 Å². The van der Waals surface area contributed by atoms with Crippen LogP contribution in [0.15, 0.2) is 4.99 Å². The highest BCUT2D eigenvalue weighted by atomic mass is 127. The zero-order valence-corrected chi connectivity index (χ0v) is 17.1. The van der Waals surface area contributed by atoms with Crippen molar-refractivity contribution in [2.45, 2.75) is 64.6 Å². The second-order valence-corrected chi connectivity index (χ2v) is 6.05. The quantitative estimate of drug-likeness (QED) is 0.327. The van der Waals surface area contributed by atoms with Crippen molar-refractivity contribution >= 4 is 29.9 Å². The second kappa shape index (κ2) is 13.0. The number of hydrogen-bond acceptors (Lipinski definition) is 2. The maximum absolute atomic E-state index is 12.2. The van der Waals surface area contributed by atoms with Crippen LogP contribution >= 0.6 is 24.0 Å². The summed E-state index contributed by atoms with van der Waals surface area (Å²) in [5.74, 6) is 0.484. The van der Waals surface area contributed by atoms with Crippen LogP contribution in [0.3, 0.4) is 0 Å². The van der Waals surface area contributed by atoms with E-state index < -0.39 is 12.6 Å². The lowest BCUT2D eigenvalue weighted by atomic mass is 10.0. The second-order valence-electron chi connectivity index (χ2n) is 6.05. The van der Waals surface area contributed by atoms with Crippen LogP contribution in [0.1, 0.15) is 52.4 Å². The van der Waals surface area contributed by atoms with Gasteiger partial charge in [-0.25, -0.2) is 0 Å². The minimum Gasteiger partial charge on any atom is -0.357 e. The molecule has 1 saturated heterocycles. The Morgan fingerprint density at radius 3 is 2.58 bits per heavy atom. The summed E-state index contributed by atoms with van der Waals surface area (Å²) in [6.07, 6.45) is 0.941. The van der Waals surface area contributed by atoms with Gasteiger partial charge in [0.15, 0.2) is 5.96 Å². The van der Waals surface area contributed by atoms with E-state index in [0.29, 0.717) is 25.1 Å². The van der Waals surface area contributed by atoms with Crippen molar-refractivity contribution in [3.63, 3.8) is 0 Å². The number of nitrogens with one attached hydrogen (secondary N) is 2. The van der Waals surface area contributed by atoms with E-state index in [1.54, 1.807) is 0 Å². The van der Waals surface area contributed by atoms with Crippen LogP contribution in [-0.4, -0.2) is 55.8 Å². The van der Waals surface area contributed by atoms with Gasteiger partial charge in [0.25, 0.3) is 0 Å². The Kier molecular flexibility index (Phi) is 12.9. The maximum Gasteiger partial charge on any atom is 0.390 e. The number of aliphatic imine (C=N–C) groups is 1. The minimum atomic E-state index is -4.13. The van der Waals surface area contributed by atoms with Gasteiger partial charge in [0.1, 0.15) is 0 Å². The Morgan fingerprint density at radius 1 is 1.21 bits per heavy atom. The first-order chi connectivity index (χ1) is 11.0. The molecule has 8 heteroatoms. The average Bonchev–Trinajstić information content (AvgIpc) is 2.50. The van der Waals surface area contributed by atoms with Crippen LogP contribution in [0, 0.1) is 0 Å². The Hall–Kier alpha value is -0.250. The number of piperidine rings is 1. The van der Waals surface area contributed by atoms with E-state index in [1.807, 2.05) is 6.92 Å². The summed E-state index contributed by atoms with van der Waals surface area (Å²) in [6, 6.07) is 0.411. The van der Waals surface area contributed by atoms with E-state index in [1.165, 1.54) is 25.7 Å². The van der Waals surface area contributed by atoms with E-state index in [9.17, 15) is 13.2 Å². The monoisotopic (exact) mass is 464 g/mol. The van der Waals surface area contributed by atoms with Crippen LogP contribution in [-0.2, 0) is 0 Å². The molecule has 2 N–H and O–H groups in total. The van der Waals surface area contributed by atoms with Gasteiger partial charge in [-0.15, -0.1) is 24.0 Å². The number of alkyl halides is 3. The Morgan fingerprint density at radius 2 is 1.96 bits per heavy atom. The number of guanidine groups is 1. The average molecular weight is 464 g/mol. The van der Waals surface area contributed by atoms with Gasteiger partial charge in [-0.2, -0.15) is 13.2 Å². The molecule has 0 bridgehead atoms. The van der Waals surface area contributed by atoms with Crippen molar-refractivity contribution in [1.82, 2.24) is 15.5 Å². The predicted octanol–water partition coefficient (Wildman–Crippen LogP) is 3.77. The third-order valence-corrected chi connectivity index (χ3v) is 4.05. The molecular formula is C16H32F3IN4. The number of halogens is 4. The van der Waals surface area contributed by atoms with E-state index in [2.05, 4.69) is 27.4 Å². The summed E-state index contributed by atoms with van der Waals surface area (Å²) < 4.78 is 36.7. The molecule has 1 unspecified atom stereocenters. The van der Waals surface area contributed by atoms with Crippen LogP contribution in [0.2, 0.25) is 0 Å². The normalized spacial score (nSPS) is 19.7. The van der Waals surface area contributed by atoms with Gasteiger partial charge in [0, 0.05) is 19.1 Å². The fourth-order valence-corrected chi connectivity index (χ4v) is 2.78. The van der Waals surface area contributed by atoms with Crippen molar-refractivity contribution in [2.24, 2.45) is 4.99 Å². The smallest absolute Gasteiger partial charge is 0.357 e. The van der Waals surface area contributed by atoms with Gasteiger partial charge in [-0.3, -0.25) is 9.89 Å². The molecule has 0 amide bonds. The molecule has 4 nitrogen and oxygen atoms in total. The molecule has 0 radical (unpaired) electrons. The van der Waals surface area contributed by atoms with E-state index in [4.69, 9.17) is 0 Å². The lowest BCUT2D eigenvalue weighted by Crippen LogP contribution is -2.44. The zero-order valence-electron chi connectivity index (χ0n) is 14.8. The van der Waals surface area contributed by atoms with Crippen molar-refractivity contribution in [3.8, 4) is 0 Å². The van der Waals surface area contributed by atoms with Gasteiger partial charge in [-0.1, -0.05) is 19.8 Å². The van der Waals surface area contributed by atoms with Gasteiger partial charge < -0.3 is 10.6 Å². The summed E-state index contributed by atoms with van der Waals surface area (Å²) in [7, 11) is 0. The molecule has 1 heterocycles. The van der Waals surface area contributed by atoms with Crippen LogP contribution in [0.25, 0.3) is 0 Å². The fraction of sp³-hybridized carbons (Fsp3) is 0.938.